The van der Waals surface area contributed by atoms with E-state index in [0.29, 0.717) is 0 Å². The maximum atomic E-state index is 12.7. The molecule has 2 heterocycles. The van der Waals surface area contributed by atoms with Crippen LogP contribution >= 0.6 is 40.7 Å². The lowest BCUT2D eigenvalue weighted by molar-refractivity contribution is -0.147. The van der Waals surface area contributed by atoms with Crippen molar-refractivity contribution in [2.45, 2.75) is 30.9 Å². The number of piperidine rings is 1. The molecule has 0 bridgehead atoms. The second kappa shape index (κ2) is 9.97. The van der Waals surface area contributed by atoms with Crippen LogP contribution in [0.3, 0.4) is 0 Å². The van der Waals surface area contributed by atoms with Crippen LogP contribution in [-0.2, 0) is 9.53 Å². The molecule has 0 aliphatic carbocycles. The van der Waals surface area contributed by atoms with Crippen molar-refractivity contribution < 1.29 is 9.53 Å². The Hall–Kier alpha value is -0.530. The van der Waals surface area contributed by atoms with Crippen LogP contribution in [0.4, 0.5) is 5.69 Å². The molecule has 2 N–H and O–H groups in total. The number of carbonyl (C=O) groups excluding carboxylic acids is 1. The van der Waals surface area contributed by atoms with E-state index in [2.05, 4.69) is 55.7 Å². The lowest BCUT2D eigenvalue weighted by Gasteiger charge is -2.35. The van der Waals surface area contributed by atoms with Crippen molar-refractivity contribution in [2.24, 2.45) is 0 Å². The molecular formula is C17H26BrCl2N3O2. The highest BCUT2D eigenvalue weighted by Gasteiger charge is 2.41. The van der Waals surface area contributed by atoms with E-state index in [1.807, 2.05) is 0 Å². The van der Waals surface area contributed by atoms with Crippen LogP contribution in [0.5, 0.6) is 0 Å². The van der Waals surface area contributed by atoms with Crippen molar-refractivity contribution in [1.82, 2.24) is 10.6 Å². The Kier molecular flexibility index (Phi) is 8.98. The number of carbonyl (C=O) groups is 1. The van der Waals surface area contributed by atoms with Crippen LogP contribution in [0.15, 0.2) is 28.7 Å². The summed E-state index contributed by atoms with van der Waals surface area (Å²) in [6.45, 7) is 3.48. The molecule has 8 heteroatoms. The summed E-state index contributed by atoms with van der Waals surface area (Å²) < 4.78 is 6.69. The number of halogens is 3. The van der Waals surface area contributed by atoms with Gasteiger partial charge in [0, 0.05) is 36.4 Å². The lowest BCUT2D eigenvalue weighted by atomic mass is 9.90. The van der Waals surface area contributed by atoms with Crippen molar-refractivity contribution in [3.63, 3.8) is 0 Å². The fraction of sp³-hybridized carbons (Fsp3) is 0.588. The molecule has 25 heavy (non-hydrogen) atoms. The summed E-state index contributed by atoms with van der Waals surface area (Å²) in [5.41, 5.74) is 0.546. The van der Waals surface area contributed by atoms with E-state index in [4.69, 9.17) is 4.74 Å². The molecule has 2 aliphatic heterocycles. The number of amides is 1. The molecule has 1 unspecified atom stereocenters. The molecule has 1 aromatic carbocycles. The zero-order chi connectivity index (χ0) is 16.3. The predicted octanol–water partition coefficient (Wildman–Crippen LogP) is 2.76. The molecule has 2 fully saturated rings. The van der Waals surface area contributed by atoms with Crippen molar-refractivity contribution in [1.29, 1.82) is 0 Å². The zero-order valence-corrected chi connectivity index (χ0v) is 17.5. The van der Waals surface area contributed by atoms with Gasteiger partial charge < -0.3 is 20.3 Å². The van der Waals surface area contributed by atoms with Crippen LogP contribution in [0.2, 0.25) is 0 Å². The van der Waals surface area contributed by atoms with Gasteiger partial charge in [-0.15, -0.1) is 24.8 Å². The molecule has 1 amide bonds. The van der Waals surface area contributed by atoms with Gasteiger partial charge in [-0.3, -0.25) is 4.79 Å². The first-order valence-electron chi connectivity index (χ1n) is 8.20. The first-order valence-corrected chi connectivity index (χ1v) is 9.00. The van der Waals surface area contributed by atoms with Crippen LogP contribution in [0.25, 0.3) is 0 Å². The summed E-state index contributed by atoms with van der Waals surface area (Å²) in [4.78, 5) is 15.0. The largest absolute Gasteiger partial charge is 0.369 e. The van der Waals surface area contributed by atoms with Gasteiger partial charge in [-0.2, -0.15) is 0 Å². The monoisotopic (exact) mass is 453 g/mol. The maximum absolute atomic E-state index is 12.7. The number of rotatable bonds is 4. The van der Waals surface area contributed by atoms with Gasteiger partial charge in [-0.05, 0) is 56.6 Å². The Morgan fingerprint density at radius 3 is 2.52 bits per heavy atom. The Labute approximate surface area is 170 Å². The van der Waals surface area contributed by atoms with Gasteiger partial charge in [0.05, 0.1) is 0 Å². The topological polar surface area (TPSA) is 53.6 Å². The fourth-order valence-electron chi connectivity index (χ4n) is 3.44. The third-order valence-electron chi connectivity index (χ3n) is 4.93. The SMILES string of the molecule is COC1(C(=O)NC2CCN(c3ccc(Br)cc3)C2)CCNCC1.Cl.Cl. The number of benzene rings is 1. The molecule has 142 valence electrons. The first kappa shape index (κ1) is 22.5. The highest BCUT2D eigenvalue weighted by molar-refractivity contribution is 9.10. The Bertz CT molecular complexity index is 553. The Balaban J connectivity index is 0.00000156. The van der Waals surface area contributed by atoms with Crippen LogP contribution < -0.4 is 15.5 Å². The van der Waals surface area contributed by atoms with Crippen LogP contribution in [-0.4, -0.2) is 50.8 Å². The van der Waals surface area contributed by atoms with E-state index in [1.54, 1.807) is 7.11 Å². The number of ether oxygens (including phenoxy) is 1. The predicted molar refractivity (Wildman–Crippen MR) is 109 cm³/mol. The summed E-state index contributed by atoms with van der Waals surface area (Å²) in [7, 11) is 1.65. The number of hydrogen-bond donors (Lipinski definition) is 2. The van der Waals surface area contributed by atoms with Gasteiger partial charge in [0.2, 0.25) is 0 Å². The molecule has 0 aromatic heterocycles. The normalized spacial score (nSPS) is 21.8. The summed E-state index contributed by atoms with van der Waals surface area (Å²) in [5.74, 6) is 0.0455. The number of nitrogens with zero attached hydrogens (tertiary/aromatic N) is 1. The number of hydrogen-bond acceptors (Lipinski definition) is 4. The second-order valence-electron chi connectivity index (χ2n) is 6.33. The number of nitrogens with one attached hydrogen (secondary N) is 2. The quantitative estimate of drug-likeness (QED) is 0.734. The molecule has 2 aliphatic rings. The van der Waals surface area contributed by atoms with E-state index in [0.717, 1.165) is 49.9 Å². The average molecular weight is 455 g/mol. The van der Waals surface area contributed by atoms with Gasteiger partial charge >= 0.3 is 0 Å². The second-order valence-corrected chi connectivity index (χ2v) is 7.25. The number of methoxy groups -OCH3 is 1. The molecule has 1 atom stereocenters. The summed E-state index contributed by atoms with van der Waals surface area (Å²) in [5, 5.41) is 6.49. The van der Waals surface area contributed by atoms with Gasteiger partial charge in [0.1, 0.15) is 5.60 Å². The standard InChI is InChI=1S/C17H24BrN3O2.2ClH/c1-23-17(7-9-19-10-8-17)16(22)20-14-6-11-21(12-14)15-4-2-13(18)3-5-15;;/h2-5,14,19H,6-12H2,1H3,(H,20,22);2*1H. The van der Waals surface area contributed by atoms with Crippen molar-refractivity contribution in [3.05, 3.63) is 28.7 Å². The van der Waals surface area contributed by atoms with E-state index < -0.39 is 5.60 Å². The molecule has 2 saturated heterocycles. The summed E-state index contributed by atoms with van der Waals surface area (Å²) in [6.07, 6.45) is 2.44. The molecule has 3 rings (SSSR count). The lowest BCUT2D eigenvalue weighted by Crippen LogP contribution is -2.56. The molecule has 0 spiro atoms. The van der Waals surface area contributed by atoms with Gasteiger partial charge in [0.15, 0.2) is 0 Å². The minimum absolute atomic E-state index is 0. The minimum Gasteiger partial charge on any atom is -0.369 e. The van der Waals surface area contributed by atoms with Crippen molar-refractivity contribution in [3.8, 4) is 0 Å². The first-order chi connectivity index (χ1) is 11.1. The number of anilines is 1. The van der Waals surface area contributed by atoms with Gasteiger partial charge in [-0.1, -0.05) is 15.9 Å². The molecule has 0 radical (unpaired) electrons. The highest BCUT2D eigenvalue weighted by atomic mass is 79.9. The smallest absolute Gasteiger partial charge is 0.252 e. The van der Waals surface area contributed by atoms with E-state index in [-0.39, 0.29) is 36.8 Å². The van der Waals surface area contributed by atoms with Crippen molar-refractivity contribution >= 4 is 52.3 Å². The molecular weight excluding hydrogens is 429 g/mol. The average Bonchev–Trinajstić information content (AvgIpc) is 3.04. The third kappa shape index (κ3) is 5.23. The maximum Gasteiger partial charge on any atom is 0.252 e. The summed E-state index contributed by atoms with van der Waals surface area (Å²) >= 11 is 3.46. The molecule has 5 nitrogen and oxygen atoms in total. The van der Waals surface area contributed by atoms with Crippen LogP contribution in [0.1, 0.15) is 19.3 Å². The highest BCUT2D eigenvalue weighted by Crippen LogP contribution is 2.25. The van der Waals surface area contributed by atoms with E-state index >= 15 is 0 Å². The minimum atomic E-state index is -0.656. The van der Waals surface area contributed by atoms with E-state index in [1.165, 1.54) is 5.69 Å². The zero-order valence-electron chi connectivity index (χ0n) is 14.3. The van der Waals surface area contributed by atoms with Crippen LogP contribution in [0, 0.1) is 0 Å². The molecule has 1 aromatic rings. The Morgan fingerprint density at radius 1 is 1.28 bits per heavy atom. The third-order valence-corrected chi connectivity index (χ3v) is 5.46. The summed E-state index contributed by atoms with van der Waals surface area (Å²) in [6, 6.07) is 8.51. The molecule has 0 saturated carbocycles. The van der Waals surface area contributed by atoms with Gasteiger partial charge in [0.25, 0.3) is 5.91 Å². The van der Waals surface area contributed by atoms with E-state index in [9.17, 15) is 4.79 Å². The van der Waals surface area contributed by atoms with Gasteiger partial charge in [-0.25, -0.2) is 0 Å². The van der Waals surface area contributed by atoms with Crippen molar-refractivity contribution in [2.75, 3.05) is 38.2 Å². The fourth-order valence-corrected chi connectivity index (χ4v) is 3.70. The Morgan fingerprint density at radius 2 is 1.92 bits per heavy atom.